The molecule has 0 bridgehead atoms. The average Bonchev–Trinajstić information content (AvgIpc) is 2.92. The number of benzene rings is 2. The number of aromatic nitrogens is 1. The molecule has 2 amide bonds. The minimum Gasteiger partial charge on any atom is -0.460 e. The van der Waals surface area contributed by atoms with Crippen LogP contribution in [0.2, 0.25) is 5.15 Å². The van der Waals surface area contributed by atoms with Gasteiger partial charge >= 0.3 is 5.97 Å². The summed E-state index contributed by atoms with van der Waals surface area (Å²) in [6.07, 6.45) is 0. The van der Waals surface area contributed by atoms with Crippen molar-refractivity contribution in [1.82, 2.24) is 9.88 Å². The number of halogens is 1. The van der Waals surface area contributed by atoms with Crippen molar-refractivity contribution >= 4 is 40.3 Å². The Morgan fingerprint density at radius 3 is 2.41 bits per heavy atom. The molecule has 0 N–H and O–H groups in total. The number of pyridine rings is 1. The zero-order valence-corrected chi connectivity index (χ0v) is 14.8. The summed E-state index contributed by atoms with van der Waals surface area (Å²) in [6.45, 7) is -0.0793. The van der Waals surface area contributed by atoms with Crippen molar-refractivity contribution in [1.29, 1.82) is 0 Å². The van der Waals surface area contributed by atoms with Crippen LogP contribution in [-0.2, 0) is 4.74 Å². The van der Waals surface area contributed by atoms with E-state index in [0.29, 0.717) is 27.4 Å². The fourth-order valence-corrected chi connectivity index (χ4v) is 3.14. The molecule has 0 saturated heterocycles. The van der Waals surface area contributed by atoms with E-state index in [1.54, 1.807) is 54.6 Å². The van der Waals surface area contributed by atoms with Crippen LogP contribution < -0.4 is 0 Å². The van der Waals surface area contributed by atoms with Crippen LogP contribution in [0.25, 0.3) is 10.9 Å². The number of rotatable bonds is 4. The van der Waals surface area contributed by atoms with Gasteiger partial charge in [0.1, 0.15) is 11.8 Å². The van der Waals surface area contributed by atoms with Gasteiger partial charge in [-0.1, -0.05) is 23.7 Å². The number of carbonyl (C=O) groups excluding carboxylic acids is 3. The smallest absolute Gasteiger partial charge is 0.338 e. The molecule has 6 nitrogen and oxygen atoms in total. The first kappa shape index (κ1) is 17.2. The summed E-state index contributed by atoms with van der Waals surface area (Å²) in [5.41, 5.74) is 1.77. The zero-order valence-electron chi connectivity index (χ0n) is 14.0. The number of hydrogen-bond donors (Lipinski definition) is 0. The number of esters is 1. The molecule has 27 heavy (non-hydrogen) atoms. The van der Waals surface area contributed by atoms with E-state index < -0.39 is 5.97 Å². The van der Waals surface area contributed by atoms with Crippen LogP contribution in [0, 0.1) is 0 Å². The van der Waals surface area contributed by atoms with Crippen LogP contribution in [0.3, 0.4) is 0 Å². The Morgan fingerprint density at radius 2 is 1.70 bits per heavy atom. The SMILES string of the molecule is O=C(OCCN1C(=O)c2ccccc2C1=O)c1ccc2nc(Cl)ccc2c1. The van der Waals surface area contributed by atoms with Gasteiger partial charge in [-0.3, -0.25) is 14.5 Å². The predicted molar refractivity (Wildman–Crippen MR) is 98.8 cm³/mol. The lowest BCUT2D eigenvalue weighted by Crippen LogP contribution is -2.33. The number of hydrogen-bond acceptors (Lipinski definition) is 5. The fraction of sp³-hybridized carbons (Fsp3) is 0.100. The van der Waals surface area contributed by atoms with Crippen molar-refractivity contribution in [3.05, 3.63) is 76.4 Å². The number of nitrogens with zero attached hydrogens (tertiary/aromatic N) is 2. The minimum atomic E-state index is -0.538. The predicted octanol–water partition coefficient (Wildman–Crippen LogP) is 3.34. The van der Waals surface area contributed by atoms with Gasteiger partial charge in [-0.25, -0.2) is 9.78 Å². The van der Waals surface area contributed by atoms with Crippen LogP contribution in [-0.4, -0.2) is 40.8 Å². The standard InChI is InChI=1S/C20H13ClN2O4/c21-17-8-6-12-11-13(5-7-16(12)22-17)20(26)27-10-9-23-18(24)14-3-1-2-4-15(14)19(23)25/h1-8,11H,9-10H2. The molecule has 2 heterocycles. The van der Waals surface area contributed by atoms with Gasteiger partial charge in [0.05, 0.1) is 28.8 Å². The van der Waals surface area contributed by atoms with E-state index in [0.717, 1.165) is 10.3 Å². The Morgan fingerprint density at radius 1 is 1.00 bits per heavy atom. The molecule has 0 saturated carbocycles. The lowest BCUT2D eigenvalue weighted by Gasteiger charge is -2.13. The van der Waals surface area contributed by atoms with Crippen LogP contribution >= 0.6 is 11.6 Å². The quantitative estimate of drug-likeness (QED) is 0.394. The van der Waals surface area contributed by atoms with Crippen molar-refractivity contribution in [2.75, 3.05) is 13.2 Å². The summed E-state index contributed by atoms with van der Waals surface area (Å²) >= 11 is 5.85. The molecule has 134 valence electrons. The van der Waals surface area contributed by atoms with E-state index in [4.69, 9.17) is 16.3 Å². The van der Waals surface area contributed by atoms with Crippen molar-refractivity contribution in [3.63, 3.8) is 0 Å². The lowest BCUT2D eigenvalue weighted by atomic mass is 10.1. The monoisotopic (exact) mass is 380 g/mol. The van der Waals surface area contributed by atoms with Gasteiger partial charge < -0.3 is 4.74 Å². The largest absolute Gasteiger partial charge is 0.460 e. The third-order valence-corrected chi connectivity index (χ3v) is 4.53. The first-order chi connectivity index (χ1) is 13.0. The summed E-state index contributed by atoms with van der Waals surface area (Å²) in [7, 11) is 0. The highest BCUT2D eigenvalue weighted by atomic mass is 35.5. The molecule has 4 rings (SSSR count). The second kappa shape index (κ2) is 6.81. The molecule has 2 aromatic carbocycles. The van der Waals surface area contributed by atoms with E-state index in [-0.39, 0.29) is 25.0 Å². The normalized spacial score (nSPS) is 13.1. The molecule has 0 fully saturated rings. The number of imide groups is 1. The van der Waals surface area contributed by atoms with Crippen molar-refractivity contribution in [2.24, 2.45) is 0 Å². The molecule has 0 radical (unpaired) electrons. The maximum Gasteiger partial charge on any atom is 0.338 e. The van der Waals surface area contributed by atoms with Gasteiger partial charge in [-0.2, -0.15) is 0 Å². The topological polar surface area (TPSA) is 76.6 Å². The molecule has 0 aliphatic carbocycles. The molecule has 3 aromatic rings. The highest BCUT2D eigenvalue weighted by Gasteiger charge is 2.34. The summed E-state index contributed by atoms with van der Waals surface area (Å²) in [5.74, 6) is -1.29. The van der Waals surface area contributed by atoms with Crippen molar-refractivity contribution < 1.29 is 19.1 Å². The van der Waals surface area contributed by atoms with Crippen molar-refractivity contribution in [3.8, 4) is 0 Å². The first-order valence-electron chi connectivity index (χ1n) is 8.23. The molecule has 1 aromatic heterocycles. The minimum absolute atomic E-state index is 0.00281. The maximum atomic E-state index is 12.3. The van der Waals surface area contributed by atoms with Crippen LogP contribution in [0.4, 0.5) is 0 Å². The van der Waals surface area contributed by atoms with Crippen LogP contribution in [0.5, 0.6) is 0 Å². The number of ether oxygens (including phenoxy) is 1. The molecular formula is C20H13ClN2O4. The summed E-state index contributed by atoms with van der Waals surface area (Å²) < 4.78 is 5.23. The third-order valence-electron chi connectivity index (χ3n) is 4.32. The van der Waals surface area contributed by atoms with E-state index in [1.807, 2.05) is 0 Å². The van der Waals surface area contributed by atoms with Gasteiger partial charge in [0.25, 0.3) is 11.8 Å². The zero-order chi connectivity index (χ0) is 19.0. The van der Waals surface area contributed by atoms with E-state index in [9.17, 15) is 14.4 Å². The van der Waals surface area contributed by atoms with Gasteiger partial charge in [0.15, 0.2) is 0 Å². The molecule has 0 unspecified atom stereocenters. The van der Waals surface area contributed by atoms with Crippen LogP contribution in [0.1, 0.15) is 31.1 Å². The Hall–Kier alpha value is -3.25. The summed E-state index contributed by atoms with van der Waals surface area (Å²) in [4.78, 5) is 42.0. The molecule has 1 aliphatic rings. The van der Waals surface area contributed by atoms with E-state index in [1.165, 1.54) is 0 Å². The third kappa shape index (κ3) is 3.15. The van der Waals surface area contributed by atoms with E-state index in [2.05, 4.69) is 4.98 Å². The summed E-state index contributed by atoms with van der Waals surface area (Å²) in [5, 5.41) is 1.13. The number of fused-ring (bicyclic) bond motifs is 2. The van der Waals surface area contributed by atoms with Gasteiger partial charge in [-0.15, -0.1) is 0 Å². The lowest BCUT2D eigenvalue weighted by molar-refractivity contribution is 0.0420. The second-order valence-electron chi connectivity index (χ2n) is 5.98. The Kier molecular flexibility index (Phi) is 4.33. The van der Waals surface area contributed by atoms with Crippen molar-refractivity contribution in [2.45, 2.75) is 0 Å². The molecular weight excluding hydrogens is 368 g/mol. The maximum absolute atomic E-state index is 12.3. The van der Waals surface area contributed by atoms with E-state index >= 15 is 0 Å². The summed E-state index contributed by atoms with van der Waals surface area (Å²) in [6, 6.07) is 15.0. The average molecular weight is 381 g/mol. The van der Waals surface area contributed by atoms with Gasteiger partial charge in [-0.05, 0) is 42.5 Å². The highest BCUT2D eigenvalue weighted by Crippen LogP contribution is 2.22. The Bertz CT molecular complexity index is 1060. The molecule has 0 atom stereocenters. The van der Waals surface area contributed by atoms with Gasteiger partial charge in [0, 0.05) is 5.39 Å². The molecule has 1 aliphatic heterocycles. The first-order valence-corrected chi connectivity index (χ1v) is 8.61. The molecule has 0 spiro atoms. The Balaban J connectivity index is 1.41. The van der Waals surface area contributed by atoms with Crippen LogP contribution in [0.15, 0.2) is 54.6 Å². The second-order valence-corrected chi connectivity index (χ2v) is 6.37. The molecule has 7 heteroatoms. The Labute approximate surface area is 159 Å². The fourth-order valence-electron chi connectivity index (χ4n) is 2.98. The highest BCUT2D eigenvalue weighted by molar-refractivity contribution is 6.29. The van der Waals surface area contributed by atoms with Gasteiger partial charge in [0.2, 0.25) is 0 Å². The number of carbonyl (C=O) groups is 3. The number of amides is 2.